The van der Waals surface area contributed by atoms with E-state index in [1.54, 1.807) is 0 Å². The van der Waals surface area contributed by atoms with Crippen LogP contribution < -0.4 is 0 Å². The van der Waals surface area contributed by atoms with Gasteiger partial charge in [0.1, 0.15) is 5.82 Å². The van der Waals surface area contributed by atoms with Gasteiger partial charge in [0.15, 0.2) is 6.29 Å². The predicted octanol–water partition coefficient (Wildman–Crippen LogP) is 2.69. The lowest BCUT2D eigenvalue weighted by molar-refractivity contribution is 0.112. The Hall–Kier alpha value is -1.68. The van der Waals surface area contributed by atoms with E-state index in [1.807, 2.05) is 24.5 Å². The molecule has 2 aromatic rings. The van der Waals surface area contributed by atoms with Crippen LogP contribution in [0.1, 0.15) is 48.4 Å². The standard InChI is InChI=1S/C15H19N3O/c1-2-17-8-4-3-7-13(17)15-16-10-14-12(11-19)6-5-9-18(14)15/h5-6,9-11,13H,2-4,7-8H2,1H3. The lowest BCUT2D eigenvalue weighted by Gasteiger charge is -2.33. The Kier molecular flexibility index (Phi) is 3.34. The molecule has 2 aromatic heterocycles. The van der Waals surface area contributed by atoms with Gasteiger partial charge in [0.2, 0.25) is 0 Å². The molecule has 1 aliphatic heterocycles. The highest BCUT2D eigenvalue weighted by Crippen LogP contribution is 2.30. The molecule has 1 aliphatic rings. The first-order valence-corrected chi connectivity index (χ1v) is 7.00. The molecule has 3 rings (SSSR count). The van der Waals surface area contributed by atoms with E-state index >= 15 is 0 Å². The predicted molar refractivity (Wildman–Crippen MR) is 74.4 cm³/mol. The normalized spacial score (nSPS) is 20.8. The van der Waals surface area contributed by atoms with Crippen LogP contribution in [0.3, 0.4) is 0 Å². The van der Waals surface area contributed by atoms with Gasteiger partial charge in [-0.25, -0.2) is 4.98 Å². The number of hydrogen-bond donors (Lipinski definition) is 0. The summed E-state index contributed by atoms with van der Waals surface area (Å²) in [5.41, 5.74) is 1.62. The first kappa shape index (κ1) is 12.4. The molecule has 0 radical (unpaired) electrons. The largest absolute Gasteiger partial charge is 0.302 e. The number of hydrogen-bond acceptors (Lipinski definition) is 3. The second-order valence-corrected chi connectivity index (χ2v) is 5.09. The molecule has 19 heavy (non-hydrogen) atoms. The number of fused-ring (bicyclic) bond motifs is 1. The molecule has 0 amide bonds. The van der Waals surface area contributed by atoms with E-state index < -0.39 is 0 Å². The van der Waals surface area contributed by atoms with Gasteiger partial charge in [0.25, 0.3) is 0 Å². The van der Waals surface area contributed by atoms with Gasteiger partial charge in [-0.15, -0.1) is 0 Å². The van der Waals surface area contributed by atoms with E-state index in [-0.39, 0.29) is 0 Å². The van der Waals surface area contributed by atoms with Gasteiger partial charge in [0.05, 0.1) is 17.8 Å². The number of carbonyl (C=O) groups excluding carboxylic acids is 1. The summed E-state index contributed by atoms with van der Waals surface area (Å²) in [6, 6.07) is 4.14. The van der Waals surface area contributed by atoms with Crippen LogP contribution in [0.25, 0.3) is 5.52 Å². The number of pyridine rings is 1. The third-order valence-electron chi connectivity index (χ3n) is 4.08. The van der Waals surface area contributed by atoms with Gasteiger partial charge in [0, 0.05) is 11.8 Å². The number of nitrogens with zero attached hydrogens (tertiary/aromatic N) is 3. The molecule has 1 unspecified atom stereocenters. The Bertz CT molecular complexity index is 590. The fourth-order valence-electron chi connectivity index (χ4n) is 3.07. The zero-order chi connectivity index (χ0) is 13.2. The summed E-state index contributed by atoms with van der Waals surface area (Å²) in [7, 11) is 0. The number of aromatic nitrogens is 2. The molecule has 0 N–H and O–H groups in total. The topological polar surface area (TPSA) is 37.6 Å². The minimum atomic E-state index is 0.378. The van der Waals surface area contributed by atoms with Crippen LogP contribution in [0, 0.1) is 0 Å². The van der Waals surface area contributed by atoms with E-state index in [0.717, 1.165) is 37.1 Å². The molecule has 1 fully saturated rings. The minimum Gasteiger partial charge on any atom is -0.302 e. The smallest absolute Gasteiger partial charge is 0.152 e. The molecule has 0 spiro atoms. The second kappa shape index (κ2) is 5.13. The molecule has 0 aromatic carbocycles. The SMILES string of the molecule is CCN1CCCCC1c1ncc2c(C=O)cccn12. The summed E-state index contributed by atoms with van der Waals surface area (Å²) < 4.78 is 2.07. The highest BCUT2D eigenvalue weighted by molar-refractivity contribution is 5.85. The first-order chi connectivity index (χ1) is 9.35. The molecular formula is C15H19N3O. The first-order valence-electron chi connectivity index (χ1n) is 7.00. The number of carbonyl (C=O) groups is 1. The molecule has 1 saturated heterocycles. The number of piperidine rings is 1. The van der Waals surface area contributed by atoms with Gasteiger partial charge < -0.3 is 4.40 Å². The van der Waals surface area contributed by atoms with Gasteiger partial charge in [-0.3, -0.25) is 9.69 Å². The Balaban J connectivity index is 2.07. The fraction of sp³-hybridized carbons (Fsp3) is 0.467. The van der Waals surface area contributed by atoms with Crippen molar-refractivity contribution in [3.05, 3.63) is 35.9 Å². The molecule has 100 valence electrons. The summed E-state index contributed by atoms with van der Waals surface area (Å²) in [5, 5.41) is 0. The number of imidazole rings is 1. The Morgan fingerprint density at radius 2 is 2.37 bits per heavy atom. The van der Waals surface area contributed by atoms with Gasteiger partial charge in [-0.1, -0.05) is 13.3 Å². The highest BCUT2D eigenvalue weighted by atomic mass is 16.1. The van der Waals surface area contributed by atoms with E-state index in [1.165, 1.54) is 12.8 Å². The third kappa shape index (κ3) is 2.06. The molecule has 4 nitrogen and oxygen atoms in total. The van der Waals surface area contributed by atoms with Gasteiger partial charge >= 0.3 is 0 Å². The van der Waals surface area contributed by atoms with Crippen LogP contribution in [0.5, 0.6) is 0 Å². The molecular weight excluding hydrogens is 238 g/mol. The van der Waals surface area contributed by atoms with Crippen LogP contribution in [0.2, 0.25) is 0 Å². The van der Waals surface area contributed by atoms with Crippen molar-refractivity contribution in [2.24, 2.45) is 0 Å². The molecule has 3 heterocycles. The fourth-order valence-corrected chi connectivity index (χ4v) is 3.07. The van der Waals surface area contributed by atoms with Crippen molar-refractivity contribution >= 4 is 11.8 Å². The zero-order valence-electron chi connectivity index (χ0n) is 11.2. The van der Waals surface area contributed by atoms with Crippen molar-refractivity contribution < 1.29 is 4.79 Å². The van der Waals surface area contributed by atoms with Crippen LogP contribution in [-0.4, -0.2) is 33.7 Å². The Labute approximate surface area is 113 Å². The van der Waals surface area contributed by atoms with Gasteiger partial charge in [-0.2, -0.15) is 0 Å². The second-order valence-electron chi connectivity index (χ2n) is 5.09. The van der Waals surface area contributed by atoms with Crippen LogP contribution in [0.4, 0.5) is 0 Å². The van der Waals surface area contributed by atoms with Crippen molar-refractivity contribution in [2.45, 2.75) is 32.2 Å². The van der Waals surface area contributed by atoms with Crippen molar-refractivity contribution in [3.63, 3.8) is 0 Å². The maximum atomic E-state index is 11.1. The summed E-state index contributed by atoms with van der Waals surface area (Å²) in [6.07, 6.45) is 8.41. The average molecular weight is 257 g/mol. The maximum absolute atomic E-state index is 11.1. The molecule has 0 saturated carbocycles. The van der Waals surface area contributed by atoms with Crippen molar-refractivity contribution in [2.75, 3.05) is 13.1 Å². The van der Waals surface area contributed by atoms with E-state index in [2.05, 4.69) is 21.2 Å². The molecule has 1 atom stereocenters. The Morgan fingerprint density at radius 3 is 3.16 bits per heavy atom. The summed E-state index contributed by atoms with van der Waals surface area (Å²) >= 11 is 0. The summed E-state index contributed by atoms with van der Waals surface area (Å²) in [4.78, 5) is 18.1. The van der Waals surface area contributed by atoms with E-state index in [0.29, 0.717) is 11.6 Å². The third-order valence-corrected chi connectivity index (χ3v) is 4.08. The van der Waals surface area contributed by atoms with Crippen molar-refractivity contribution in [1.29, 1.82) is 0 Å². The number of likely N-dealkylation sites (tertiary alicyclic amines) is 1. The lowest BCUT2D eigenvalue weighted by atomic mass is 10.0. The quantitative estimate of drug-likeness (QED) is 0.793. The molecule has 4 heteroatoms. The highest BCUT2D eigenvalue weighted by Gasteiger charge is 2.26. The molecule has 0 bridgehead atoms. The summed E-state index contributed by atoms with van der Waals surface area (Å²) in [5.74, 6) is 1.07. The van der Waals surface area contributed by atoms with Gasteiger partial charge in [-0.05, 0) is 38.1 Å². The number of aldehydes is 1. The van der Waals surface area contributed by atoms with E-state index in [4.69, 9.17) is 0 Å². The monoisotopic (exact) mass is 257 g/mol. The van der Waals surface area contributed by atoms with Crippen LogP contribution in [0.15, 0.2) is 24.5 Å². The van der Waals surface area contributed by atoms with Crippen molar-refractivity contribution in [1.82, 2.24) is 14.3 Å². The zero-order valence-corrected chi connectivity index (χ0v) is 11.2. The summed E-state index contributed by atoms with van der Waals surface area (Å²) in [6.45, 7) is 4.39. The number of rotatable bonds is 3. The van der Waals surface area contributed by atoms with Crippen LogP contribution in [-0.2, 0) is 0 Å². The maximum Gasteiger partial charge on any atom is 0.152 e. The van der Waals surface area contributed by atoms with Crippen LogP contribution >= 0.6 is 0 Å². The minimum absolute atomic E-state index is 0.378. The molecule has 0 aliphatic carbocycles. The Morgan fingerprint density at radius 1 is 1.47 bits per heavy atom. The lowest BCUT2D eigenvalue weighted by Crippen LogP contribution is -2.34. The average Bonchev–Trinajstić information content (AvgIpc) is 2.90. The van der Waals surface area contributed by atoms with Crippen molar-refractivity contribution in [3.8, 4) is 0 Å². The van der Waals surface area contributed by atoms with E-state index in [9.17, 15) is 4.79 Å².